The summed E-state index contributed by atoms with van der Waals surface area (Å²) in [6.45, 7) is 0.255. The van der Waals surface area contributed by atoms with Crippen LogP contribution in [0.2, 0.25) is 0 Å². The lowest BCUT2D eigenvalue weighted by Crippen LogP contribution is -2.32. The monoisotopic (exact) mass is 309 g/mol. The van der Waals surface area contributed by atoms with Gasteiger partial charge < -0.3 is 14.8 Å². The van der Waals surface area contributed by atoms with Crippen molar-refractivity contribution in [2.24, 2.45) is 0 Å². The van der Waals surface area contributed by atoms with E-state index in [9.17, 15) is 9.18 Å². The molecule has 0 fully saturated rings. The Labute approximate surface area is 126 Å². The number of amides is 1. The second-order valence-electron chi connectivity index (χ2n) is 4.33. The molecule has 1 N–H and O–H groups in total. The first-order valence-electron chi connectivity index (χ1n) is 6.39. The Morgan fingerprint density at radius 3 is 2.71 bits per heavy atom. The molecule has 0 aliphatic carbocycles. The molecule has 1 aromatic heterocycles. The number of nitrogens with one attached hydrogen (secondary N) is 1. The van der Waals surface area contributed by atoms with Crippen LogP contribution in [0.4, 0.5) is 4.39 Å². The van der Waals surface area contributed by atoms with E-state index >= 15 is 0 Å². The van der Waals surface area contributed by atoms with E-state index in [2.05, 4.69) is 5.32 Å². The summed E-state index contributed by atoms with van der Waals surface area (Å²) in [6.07, 6.45) is -0.175. The number of benzene rings is 1. The highest BCUT2D eigenvalue weighted by Gasteiger charge is 2.12. The summed E-state index contributed by atoms with van der Waals surface area (Å²) >= 11 is 1.58. The standard InChI is InChI=1S/C15H16FNO3S/c1-19-14(11-6-7-21-10-11)8-17-15(18)9-20-13-4-2-12(16)3-5-13/h2-7,10,14H,8-9H2,1H3,(H,17,18). The van der Waals surface area contributed by atoms with E-state index in [-0.39, 0.29) is 24.4 Å². The Morgan fingerprint density at radius 1 is 1.33 bits per heavy atom. The van der Waals surface area contributed by atoms with Gasteiger partial charge in [-0.15, -0.1) is 0 Å². The molecule has 1 aromatic carbocycles. The summed E-state index contributed by atoms with van der Waals surface area (Å²) < 4.78 is 23.3. The van der Waals surface area contributed by atoms with Crippen LogP contribution in [-0.4, -0.2) is 26.2 Å². The largest absolute Gasteiger partial charge is 0.484 e. The molecule has 0 saturated carbocycles. The first kappa shape index (κ1) is 15.5. The van der Waals surface area contributed by atoms with Gasteiger partial charge in [-0.2, -0.15) is 11.3 Å². The van der Waals surface area contributed by atoms with Gasteiger partial charge in [0.15, 0.2) is 6.61 Å². The maximum atomic E-state index is 12.7. The summed E-state index contributed by atoms with van der Waals surface area (Å²) in [6, 6.07) is 7.48. The van der Waals surface area contributed by atoms with Gasteiger partial charge in [0.1, 0.15) is 17.7 Å². The fraction of sp³-hybridized carbons (Fsp3) is 0.267. The predicted octanol–water partition coefficient (Wildman–Crippen LogP) is 2.77. The van der Waals surface area contributed by atoms with E-state index in [0.29, 0.717) is 12.3 Å². The summed E-state index contributed by atoms with van der Waals surface area (Å²) in [7, 11) is 1.60. The van der Waals surface area contributed by atoms with Crippen molar-refractivity contribution in [2.75, 3.05) is 20.3 Å². The van der Waals surface area contributed by atoms with E-state index < -0.39 is 0 Å². The first-order chi connectivity index (χ1) is 10.2. The van der Waals surface area contributed by atoms with Crippen LogP contribution in [0.1, 0.15) is 11.7 Å². The normalized spacial score (nSPS) is 11.9. The minimum absolute atomic E-state index is 0.119. The Kier molecular flexibility index (Phi) is 5.71. The van der Waals surface area contributed by atoms with Gasteiger partial charge in [-0.3, -0.25) is 4.79 Å². The average Bonchev–Trinajstić information content (AvgIpc) is 3.01. The van der Waals surface area contributed by atoms with Crippen molar-refractivity contribution in [2.45, 2.75) is 6.10 Å². The second-order valence-corrected chi connectivity index (χ2v) is 5.11. The molecular weight excluding hydrogens is 293 g/mol. The van der Waals surface area contributed by atoms with E-state index in [1.807, 2.05) is 16.8 Å². The molecule has 0 spiro atoms. The van der Waals surface area contributed by atoms with Crippen LogP contribution in [-0.2, 0) is 9.53 Å². The molecule has 0 radical (unpaired) electrons. The van der Waals surface area contributed by atoms with Gasteiger partial charge in [0.25, 0.3) is 5.91 Å². The van der Waals surface area contributed by atoms with Gasteiger partial charge in [0, 0.05) is 13.7 Å². The average molecular weight is 309 g/mol. The minimum atomic E-state index is -0.342. The number of ether oxygens (including phenoxy) is 2. The Bertz CT molecular complexity index is 557. The molecule has 2 rings (SSSR count). The van der Waals surface area contributed by atoms with Gasteiger partial charge in [0.2, 0.25) is 0 Å². The molecule has 1 amide bonds. The van der Waals surface area contributed by atoms with E-state index in [4.69, 9.17) is 9.47 Å². The molecule has 2 aromatic rings. The van der Waals surface area contributed by atoms with Crippen molar-refractivity contribution in [1.29, 1.82) is 0 Å². The predicted molar refractivity (Wildman–Crippen MR) is 79.0 cm³/mol. The molecule has 0 saturated heterocycles. The topological polar surface area (TPSA) is 47.6 Å². The third-order valence-electron chi connectivity index (χ3n) is 2.87. The van der Waals surface area contributed by atoms with Crippen molar-refractivity contribution in [3.63, 3.8) is 0 Å². The van der Waals surface area contributed by atoms with Gasteiger partial charge >= 0.3 is 0 Å². The summed E-state index contributed by atoms with van der Waals surface area (Å²) in [5.74, 6) is -0.144. The van der Waals surface area contributed by atoms with E-state index in [1.165, 1.54) is 24.3 Å². The minimum Gasteiger partial charge on any atom is -0.484 e. The number of hydrogen-bond acceptors (Lipinski definition) is 4. The highest BCUT2D eigenvalue weighted by molar-refractivity contribution is 7.07. The number of carbonyl (C=O) groups excluding carboxylic acids is 1. The van der Waals surface area contributed by atoms with E-state index in [1.54, 1.807) is 18.4 Å². The lowest BCUT2D eigenvalue weighted by Gasteiger charge is -2.15. The Hall–Kier alpha value is -1.92. The third-order valence-corrected chi connectivity index (χ3v) is 3.57. The van der Waals surface area contributed by atoms with Crippen LogP contribution in [0.5, 0.6) is 5.75 Å². The zero-order chi connectivity index (χ0) is 15.1. The number of methoxy groups -OCH3 is 1. The second kappa shape index (κ2) is 7.75. The summed E-state index contributed by atoms with van der Waals surface area (Å²) in [5, 5.41) is 6.69. The van der Waals surface area contributed by atoms with Crippen LogP contribution in [0.15, 0.2) is 41.1 Å². The maximum absolute atomic E-state index is 12.7. The number of halogens is 1. The highest BCUT2D eigenvalue weighted by Crippen LogP contribution is 2.18. The maximum Gasteiger partial charge on any atom is 0.258 e. The molecule has 1 heterocycles. The molecule has 6 heteroatoms. The van der Waals surface area contributed by atoms with Crippen molar-refractivity contribution < 1.29 is 18.7 Å². The van der Waals surface area contributed by atoms with Gasteiger partial charge in [-0.05, 0) is 46.7 Å². The molecular formula is C15H16FNO3S. The molecule has 0 aliphatic heterocycles. The van der Waals surface area contributed by atoms with Crippen LogP contribution < -0.4 is 10.1 Å². The van der Waals surface area contributed by atoms with Crippen LogP contribution in [0.25, 0.3) is 0 Å². The van der Waals surface area contributed by atoms with Crippen LogP contribution >= 0.6 is 11.3 Å². The van der Waals surface area contributed by atoms with Crippen molar-refractivity contribution >= 4 is 17.2 Å². The number of rotatable bonds is 7. The molecule has 112 valence electrons. The number of carbonyl (C=O) groups is 1. The fourth-order valence-corrected chi connectivity index (χ4v) is 2.43. The van der Waals surface area contributed by atoms with Gasteiger partial charge in [0.05, 0.1) is 0 Å². The Balaban J connectivity index is 1.75. The SMILES string of the molecule is COC(CNC(=O)COc1ccc(F)cc1)c1ccsc1. The van der Waals surface area contributed by atoms with Gasteiger partial charge in [-0.1, -0.05) is 0 Å². The summed E-state index contributed by atoms with van der Waals surface area (Å²) in [4.78, 5) is 11.7. The third kappa shape index (κ3) is 4.84. The highest BCUT2D eigenvalue weighted by atomic mass is 32.1. The van der Waals surface area contributed by atoms with Crippen LogP contribution in [0.3, 0.4) is 0 Å². The number of thiophene rings is 1. The van der Waals surface area contributed by atoms with Crippen molar-refractivity contribution in [3.8, 4) is 5.75 Å². The van der Waals surface area contributed by atoms with Crippen molar-refractivity contribution in [1.82, 2.24) is 5.32 Å². The number of hydrogen-bond donors (Lipinski definition) is 1. The van der Waals surface area contributed by atoms with Crippen molar-refractivity contribution in [3.05, 3.63) is 52.5 Å². The quantitative estimate of drug-likeness (QED) is 0.855. The van der Waals surface area contributed by atoms with E-state index in [0.717, 1.165) is 5.56 Å². The lowest BCUT2D eigenvalue weighted by molar-refractivity contribution is -0.123. The lowest BCUT2D eigenvalue weighted by atomic mass is 10.2. The molecule has 21 heavy (non-hydrogen) atoms. The zero-order valence-electron chi connectivity index (χ0n) is 11.5. The molecule has 0 aliphatic rings. The van der Waals surface area contributed by atoms with Gasteiger partial charge in [-0.25, -0.2) is 4.39 Å². The molecule has 0 bridgehead atoms. The summed E-state index contributed by atoms with van der Waals surface area (Å²) in [5.41, 5.74) is 1.03. The zero-order valence-corrected chi connectivity index (χ0v) is 12.4. The molecule has 1 atom stereocenters. The Morgan fingerprint density at radius 2 is 2.10 bits per heavy atom. The fourth-order valence-electron chi connectivity index (χ4n) is 1.73. The smallest absolute Gasteiger partial charge is 0.258 e. The first-order valence-corrected chi connectivity index (χ1v) is 7.33. The molecule has 4 nitrogen and oxygen atoms in total. The van der Waals surface area contributed by atoms with Crippen LogP contribution in [0, 0.1) is 5.82 Å². The molecule has 1 unspecified atom stereocenters.